The van der Waals surface area contributed by atoms with Crippen molar-refractivity contribution in [2.45, 2.75) is 38.5 Å². The molecular weight excluding hydrogens is 256 g/mol. The second-order valence-electron chi connectivity index (χ2n) is 5.72. The van der Waals surface area contributed by atoms with Gasteiger partial charge in [0.1, 0.15) is 0 Å². The SMILES string of the molecule is O=C(CC1CCCC1)N1CCc2ccc([N+](=O)[O-])cc21. The molecule has 1 fully saturated rings. The summed E-state index contributed by atoms with van der Waals surface area (Å²) in [6.07, 6.45) is 6.11. The number of hydrogen-bond donors (Lipinski definition) is 0. The zero-order chi connectivity index (χ0) is 14.1. The van der Waals surface area contributed by atoms with Crippen molar-refractivity contribution in [3.63, 3.8) is 0 Å². The van der Waals surface area contributed by atoms with Crippen LogP contribution < -0.4 is 4.90 Å². The Bertz CT molecular complexity index is 550. The zero-order valence-corrected chi connectivity index (χ0v) is 11.4. The molecule has 0 spiro atoms. The molecule has 1 aliphatic heterocycles. The number of nitro benzene ring substituents is 1. The van der Waals surface area contributed by atoms with Crippen molar-refractivity contribution in [1.82, 2.24) is 0 Å². The van der Waals surface area contributed by atoms with E-state index in [-0.39, 0.29) is 11.6 Å². The van der Waals surface area contributed by atoms with Gasteiger partial charge in [0.25, 0.3) is 5.69 Å². The Kier molecular flexibility index (Phi) is 3.42. The number of benzene rings is 1. The molecule has 1 amide bonds. The van der Waals surface area contributed by atoms with Crippen LogP contribution in [0.4, 0.5) is 11.4 Å². The van der Waals surface area contributed by atoms with Gasteiger partial charge in [-0.25, -0.2) is 0 Å². The molecule has 1 aromatic rings. The van der Waals surface area contributed by atoms with Gasteiger partial charge in [0, 0.05) is 25.1 Å². The van der Waals surface area contributed by atoms with Crippen molar-refractivity contribution in [2.75, 3.05) is 11.4 Å². The molecule has 106 valence electrons. The first-order chi connectivity index (χ1) is 9.65. The van der Waals surface area contributed by atoms with Crippen LogP contribution in [0.2, 0.25) is 0 Å². The lowest BCUT2D eigenvalue weighted by molar-refractivity contribution is -0.384. The van der Waals surface area contributed by atoms with Gasteiger partial charge in [-0.15, -0.1) is 0 Å². The van der Waals surface area contributed by atoms with Gasteiger partial charge < -0.3 is 4.90 Å². The third-order valence-electron chi connectivity index (χ3n) is 4.41. The van der Waals surface area contributed by atoms with E-state index in [2.05, 4.69) is 0 Å². The van der Waals surface area contributed by atoms with Crippen molar-refractivity contribution >= 4 is 17.3 Å². The lowest BCUT2D eigenvalue weighted by Crippen LogP contribution is -2.30. The Balaban J connectivity index is 1.78. The minimum atomic E-state index is -0.405. The fourth-order valence-corrected chi connectivity index (χ4v) is 3.31. The topological polar surface area (TPSA) is 63.5 Å². The first-order valence-corrected chi connectivity index (χ1v) is 7.23. The summed E-state index contributed by atoms with van der Waals surface area (Å²) >= 11 is 0. The monoisotopic (exact) mass is 274 g/mol. The second kappa shape index (κ2) is 5.23. The summed E-state index contributed by atoms with van der Waals surface area (Å²) in [6, 6.07) is 4.83. The number of carbonyl (C=O) groups excluding carboxylic acids is 1. The number of non-ortho nitro benzene ring substituents is 1. The molecule has 0 N–H and O–H groups in total. The maximum Gasteiger partial charge on any atom is 0.271 e. The number of anilines is 1. The maximum absolute atomic E-state index is 12.4. The van der Waals surface area contributed by atoms with E-state index in [1.165, 1.54) is 25.0 Å². The van der Waals surface area contributed by atoms with Crippen molar-refractivity contribution in [3.8, 4) is 0 Å². The third-order valence-corrected chi connectivity index (χ3v) is 4.41. The van der Waals surface area contributed by atoms with Crippen molar-refractivity contribution < 1.29 is 9.72 Å². The van der Waals surface area contributed by atoms with Gasteiger partial charge in [0.15, 0.2) is 0 Å². The highest BCUT2D eigenvalue weighted by Crippen LogP contribution is 2.34. The Morgan fingerprint density at radius 3 is 2.80 bits per heavy atom. The average Bonchev–Trinajstić information content (AvgIpc) is 3.06. The molecule has 2 aliphatic rings. The number of carbonyl (C=O) groups is 1. The van der Waals surface area contributed by atoms with E-state index in [0.29, 0.717) is 18.9 Å². The molecular formula is C15H18N2O3. The van der Waals surface area contributed by atoms with E-state index in [1.807, 2.05) is 0 Å². The van der Waals surface area contributed by atoms with Crippen LogP contribution in [0.25, 0.3) is 0 Å². The second-order valence-corrected chi connectivity index (χ2v) is 5.72. The third kappa shape index (κ3) is 2.40. The number of hydrogen-bond acceptors (Lipinski definition) is 3. The van der Waals surface area contributed by atoms with E-state index >= 15 is 0 Å². The van der Waals surface area contributed by atoms with E-state index in [1.54, 1.807) is 11.0 Å². The first-order valence-electron chi connectivity index (χ1n) is 7.23. The molecule has 0 atom stereocenters. The van der Waals surface area contributed by atoms with Crippen molar-refractivity contribution in [1.29, 1.82) is 0 Å². The fourth-order valence-electron chi connectivity index (χ4n) is 3.31. The minimum absolute atomic E-state index is 0.0596. The zero-order valence-electron chi connectivity index (χ0n) is 11.4. The Labute approximate surface area is 117 Å². The van der Waals surface area contributed by atoms with Gasteiger partial charge in [-0.05, 0) is 30.7 Å². The van der Waals surface area contributed by atoms with Crippen LogP contribution >= 0.6 is 0 Å². The molecule has 20 heavy (non-hydrogen) atoms. The summed E-state index contributed by atoms with van der Waals surface area (Å²) in [5.41, 5.74) is 1.84. The fraction of sp³-hybridized carbons (Fsp3) is 0.533. The van der Waals surface area contributed by atoms with E-state index in [9.17, 15) is 14.9 Å². The maximum atomic E-state index is 12.4. The largest absolute Gasteiger partial charge is 0.312 e. The van der Waals surface area contributed by atoms with Crippen LogP contribution in [0.1, 0.15) is 37.7 Å². The van der Waals surface area contributed by atoms with E-state index in [0.717, 1.165) is 30.5 Å². The number of rotatable bonds is 3. The molecule has 0 radical (unpaired) electrons. The quantitative estimate of drug-likeness (QED) is 0.628. The Morgan fingerprint density at radius 2 is 2.10 bits per heavy atom. The van der Waals surface area contributed by atoms with Crippen LogP contribution in [-0.4, -0.2) is 17.4 Å². The van der Waals surface area contributed by atoms with Crippen LogP contribution in [-0.2, 0) is 11.2 Å². The normalized spacial score (nSPS) is 18.3. The molecule has 3 rings (SSSR count). The summed E-state index contributed by atoms with van der Waals surface area (Å²) in [5.74, 6) is 0.626. The molecule has 1 saturated carbocycles. The van der Waals surface area contributed by atoms with Crippen LogP contribution in [0.15, 0.2) is 18.2 Å². The number of nitro groups is 1. The molecule has 1 heterocycles. The van der Waals surface area contributed by atoms with Crippen molar-refractivity contribution in [3.05, 3.63) is 33.9 Å². The Morgan fingerprint density at radius 1 is 1.35 bits per heavy atom. The minimum Gasteiger partial charge on any atom is -0.312 e. The molecule has 0 aromatic heterocycles. The molecule has 5 heteroatoms. The van der Waals surface area contributed by atoms with Gasteiger partial charge in [-0.3, -0.25) is 14.9 Å². The molecule has 0 unspecified atom stereocenters. The highest BCUT2D eigenvalue weighted by atomic mass is 16.6. The van der Waals surface area contributed by atoms with Gasteiger partial charge in [0.2, 0.25) is 5.91 Å². The van der Waals surface area contributed by atoms with Crippen LogP contribution in [0, 0.1) is 16.0 Å². The lowest BCUT2D eigenvalue weighted by atomic mass is 10.0. The number of amides is 1. The van der Waals surface area contributed by atoms with Gasteiger partial charge in [-0.2, -0.15) is 0 Å². The van der Waals surface area contributed by atoms with Gasteiger partial charge in [-0.1, -0.05) is 18.9 Å². The summed E-state index contributed by atoms with van der Waals surface area (Å²) < 4.78 is 0. The summed E-state index contributed by atoms with van der Waals surface area (Å²) in [6.45, 7) is 0.655. The molecule has 0 saturated heterocycles. The number of fused-ring (bicyclic) bond motifs is 1. The van der Waals surface area contributed by atoms with Crippen LogP contribution in [0.3, 0.4) is 0 Å². The molecule has 0 bridgehead atoms. The highest BCUT2D eigenvalue weighted by Gasteiger charge is 2.28. The average molecular weight is 274 g/mol. The van der Waals surface area contributed by atoms with Gasteiger partial charge in [0.05, 0.1) is 10.6 Å². The Hall–Kier alpha value is -1.91. The predicted octanol–water partition coefficient (Wildman–Crippen LogP) is 3.06. The molecule has 1 aliphatic carbocycles. The molecule has 5 nitrogen and oxygen atoms in total. The van der Waals surface area contributed by atoms with Crippen LogP contribution in [0.5, 0.6) is 0 Å². The first kappa shape index (κ1) is 13.1. The van der Waals surface area contributed by atoms with E-state index in [4.69, 9.17) is 0 Å². The van der Waals surface area contributed by atoms with Gasteiger partial charge >= 0.3 is 0 Å². The summed E-state index contributed by atoms with van der Waals surface area (Å²) in [5, 5.41) is 10.9. The summed E-state index contributed by atoms with van der Waals surface area (Å²) in [4.78, 5) is 24.6. The van der Waals surface area contributed by atoms with E-state index < -0.39 is 4.92 Å². The highest BCUT2D eigenvalue weighted by molar-refractivity contribution is 5.96. The molecule has 1 aromatic carbocycles. The smallest absolute Gasteiger partial charge is 0.271 e. The lowest BCUT2D eigenvalue weighted by Gasteiger charge is -2.19. The predicted molar refractivity (Wildman–Crippen MR) is 75.7 cm³/mol. The number of nitrogens with zero attached hydrogens (tertiary/aromatic N) is 2. The van der Waals surface area contributed by atoms with Crippen molar-refractivity contribution in [2.24, 2.45) is 5.92 Å². The standard InChI is InChI=1S/C15H18N2O3/c18-15(9-11-3-1-2-4-11)16-8-7-12-5-6-13(17(19)20)10-14(12)16/h5-6,10-11H,1-4,7-9H2. The summed E-state index contributed by atoms with van der Waals surface area (Å²) in [7, 11) is 0.